The van der Waals surface area contributed by atoms with E-state index in [1.54, 1.807) is 4.57 Å². The van der Waals surface area contributed by atoms with Crippen molar-refractivity contribution < 1.29 is 18.3 Å². The molecule has 0 aliphatic rings. The normalized spacial score (nSPS) is 12.5. The Balaban J connectivity index is 2.34. The molecule has 1 N–H and O–H groups in total. The molecule has 2 aromatic rings. The summed E-state index contributed by atoms with van der Waals surface area (Å²) in [4.78, 5) is 4.40. The van der Waals surface area contributed by atoms with Gasteiger partial charge in [-0.1, -0.05) is 17.4 Å². The minimum absolute atomic E-state index is 0.0144. The van der Waals surface area contributed by atoms with E-state index in [1.807, 2.05) is 13.8 Å². The fourth-order valence-electron chi connectivity index (χ4n) is 1.83. The Morgan fingerprint density at radius 2 is 2.05 bits per heavy atom. The van der Waals surface area contributed by atoms with Crippen LogP contribution in [0, 0.1) is 3.95 Å². The molecule has 1 heterocycles. The van der Waals surface area contributed by atoms with Gasteiger partial charge in [-0.2, -0.15) is 13.2 Å². The Morgan fingerprint density at radius 1 is 1.36 bits per heavy atom. The molecule has 0 amide bonds. The van der Waals surface area contributed by atoms with Crippen LogP contribution in [0.1, 0.15) is 30.3 Å². The first-order valence-electron chi connectivity index (χ1n) is 6.35. The minimum atomic E-state index is -4.41. The fraction of sp³-hybridized carbons (Fsp3) is 0.286. The molecule has 0 fully saturated rings. The van der Waals surface area contributed by atoms with Gasteiger partial charge in [-0.3, -0.25) is 9.56 Å². The number of aromatic hydroxyl groups is 1. The fourth-order valence-corrected chi connectivity index (χ4v) is 3.27. The average molecular weight is 346 g/mol. The lowest BCUT2D eigenvalue weighted by Crippen LogP contribution is -2.03. The molecule has 22 heavy (non-hydrogen) atoms. The number of halogens is 3. The summed E-state index contributed by atoms with van der Waals surface area (Å²) in [7, 11) is 0. The minimum Gasteiger partial charge on any atom is -0.493 e. The van der Waals surface area contributed by atoms with E-state index in [2.05, 4.69) is 4.99 Å². The van der Waals surface area contributed by atoms with Crippen LogP contribution in [-0.4, -0.2) is 15.9 Å². The predicted octanol–water partition coefficient (Wildman–Crippen LogP) is 5.33. The van der Waals surface area contributed by atoms with Gasteiger partial charge in [0.15, 0.2) is 3.95 Å². The molecule has 1 aromatic heterocycles. The van der Waals surface area contributed by atoms with Crippen LogP contribution in [0.15, 0.2) is 29.3 Å². The van der Waals surface area contributed by atoms with Crippen molar-refractivity contribution in [3.05, 3.63) is 38.7 Å². The Hall–Kier alpha value is -1.67. The van der Waals surface area contributed by atoms with E-state index in [-0.39, 0.29) is 17.6 Å². The zero-order valence-corrected chi connectivity index (χ0v) is 13.4. The first-order valence-corrected chi connectivity index (χ1v) is 7.58. The van der Waals surface area contributed by atoms with Crippen molar-refractivity contribution >= 4 is 35.5 Å². The Bertz CT molecular complexity index is 760. The summed E-state index contributed by atoms with van der Waals surface area (Å²) in [5.74, 6) is -0.0271. The van der Waals surface area contributed by atoms with Crippen molar-refractivity contribution in [3.8, 4) is 5.88 Å². The number of hydrogen-bond donors (Lipinski definition) is 1. The molecule has 0 saturated carbocycles. The Labute approximate surface area is 134 Å². The third-order valence-corrected chi connectivity index (χ3v) is 4.19. The molecular formula is C14H13F3N2OS2. The van der Waals surface area contributed by atoms with E-state index in [9.17, 15) is 18.3 Å². The summed E-state index contributed by atoms with van der Waals surface area (Å²) in [6.45, 7) is 3.74. The Kier molecular flexibility index (Phi) is 4.72. The van der Waals surface area contributed by atoms with Crippen molar-refractivity contribution in [1.82, 2.24) is 4.57 Å². The number of hydrogen-bond acceptors (Lipinski definition) is 4. The van der Waals surface area contributed by atoms with Gasteiger partial charge in [-0.25, -0.2) is 0 Å². The third-order valence-electron chi connectivity index (χ3n) is 2.86. The van der Waals surface area contributed by atoms with Gasteiger partial charge in [0.2, 0.25) is 5.88 Å². The highest BCUT2D eigenvalue weighted by molar-refractivity contribution is 7.73. The van der Waals surface area contributed by atoms with Gasteiger partial charge in [0.1, 0.15) is 4.88 Å². The summed E-state index contributed by atoms with van der Waals surface area (Å²) in [5, 5.41) is 10.1. The smallest absolute Gasteiger partial charge is 0.416 e. The second-order valence-electron chi connectivity index (χ2n) is 4.83. The predicted molar refractivity (Wildman–Crippen MR) is 83.9 cm³/mol. The summed E-state index contributed by atoms with van der Waals surface area (Å²) in [6, 6.07) is 4.67. The molecule has 0 radical (unpaired) electrons. The van der Waals surface area contributed by atoms with E-state index in [0.29, 0.717) is 8.83 Å². The van der Waals surface area contributed by atoms with Crippen LogP contribution in [0.25, 0.3) is 0 Å². The summed E-state index contributed by atoms with van der Waals surface area (Å²) in [5.41, 5.74) is -0.608. The van der Waals surface area contributed by atoms with Crippen molar-refractivity contribution in [1.29, 1.82) is 0 Å². The second-order valence-corrected chi connectivity index (χ2v) is 6.50. The van der Waals surface area contributed by atoms with E-state index >= 15 is 0 Å². The van der Waals surface area contributed by atoms with Crippen molar-refractivity contribution in [2.75, 3.05) is 0 Å². The molecule has 0 aliphatic carbocycles. The molecule has 1 aromatic carbocycles. The summed E-state index contributed by atoms with van der Waals surface area (Å²) in [6.07, 6.45) is -3.09. The monoisotopic (exact) mass is 346 g/mol. The van der Waals surface area contributed by atoms with E-state index in [1.165, 1.54) is 18.3 Å². The number of benzene rings is 1. The number of aromatic nitrogens is 1. The molecule has 118 valence electrons. The molecule has 0 saturated heterocycles. The molecule has 2 rings (SSSR count). The highest BCUT2D eigenvalue weighted by Crippen LogP contribution is 2.32. The van der Waals surface area contributed by atoms with Crippen molar-refractivity contribution in [2.24, 2.45) is 4.99 Å². The van der Waals surface area contributed by atoms with Gasteiger partial charge < -0.3 is 5.11 Å². The molecule has 0 bridgehead atoms. The number of alkyl halides is 3. The van der Waals surface area contributed by atoms with Gasteiger partial charge in [0.25, 0.3) is 0 Å². The Morgan fingerprint density at radius 3 is 2.59 bits per heavy atom. The lowest BCUT2D eigenvalue weighted by molar-refractivity contribution is -0.137. The van der Waals surface area contributed by atoms with Gasteiger partial charge in [-0.05, 0) is 44.3 Å². The van der Waals surface area contributed by atoms with Crippen LogP contribution in [0.4, 0.5) is 18.9 Å². The molecular weight excluding hydrogens is 333 g/mol. The number of thiazole rings is 1. The zero-order chi connectivity index (χ0) is 16.5. The quantitative estimate of drug-likeness (QED) is 0.602. The lowest BCUT2D eigenvalue weighted by atomic mass is 10.2. The first-order chi connectivity index (χ1) is 10.2. The van der Waals surface area contributed by atoms with Crippen LogP contribution in [0.2, 0.25) is 0 Å². The lowest BCUT2D eigenvalue weighted by Gasteiger charge is -2.07. The first kappa shape index (κ1) is 16.7. The zero-order valence-electron chi connectivity index (χ0n) is 11.8. The van der Waals surface area contributed by atoms with Gasteiger partial charge in [0, 0.05) is 6.04 Å². The molecule has 3 nitrogen and oxygen atoms in total. The van der Waals surface area contributed by atoms with E-state index < -0.39 is 11.7 Å². The SMILES string of the molecule is CC(C)n1c(O)c(C=Nc2cccc(C(F)(F)F)c2)sc1=S. The number of nitrogens with zero attached hydrogens (tertiary/aromatic N) is 2. The standard InChI is InChI=1S/C14H13F3N2OS2/c1-8(2)19-12(20)11(22-13(19)21)7-18-10-5-3-4-9(6-10)14(15,16)17/h3-8,20H,1-2H3. The van der Waals surface area contributed by atoms with Crippen LogP contribution < -0.4 is 0 Å². The van der Waals surface area contributed by atoms with Gasteiger partial charge in [-0.15, -0.1) is 0 Å². The molecule has 8 heteroatoms. The third kappa shape index (κ3) is 3.56. The average Bonchev–Trinajstić information content (AvgIpc) is 2.70. The van der Waals surface area contributed by atoms with Crippen LogP contribution in [-0.2, 0) is 6.18 Å². The van der Waals surface area contributed by atoms with E-state index in [0.717, 1.165) is 23.5 Å². The van der Waals surface area contributed by atoms with Crippen molar-refractivity contribution in [3.63, 3.8) is 0 Å². The maximum absolute atomic E-state index is 12.6. The highest BCUT2D eigenvalue weighted by Gasteiger charge is 2.30. The summed E-state index contributed by atoms with van der Waals surface area (Å²) < 4.78 is 39.9. The van der Waals surface area contributed by atoms with Crippen LogP contribution in [0.5, 0.6) is 5.88 Å². The number of rotatable bonds is 3. The molecule has 0 unspecified atom stereocenters. The van der Waals surface area contributed by atoms with E-state index in [4.69, 9.17) is 12.2 Å². The van der Waals surface area contributed by atoms with Crippen LogP contribution in [0.3, 0.4) is 0 Å². The van der Waals surface area contributed by atoms with Gasteiger partial charge >= 0.3 is 6.18 Å². The molecule has 0 spiro atoms. The maximum Gasteiger partial charge on any atom is 0.416 e. The molecule has 0 atom stereocenters. The number of aliphatic imine (C=N–C) groups is 1. The second kappa shape index (κ2) is 6.21. The topological polar surface area (TPSA) is 37.5 Å². The summed E-state index contributed by atoms with van der Waals surface area (Å²) >= 11 is 6.30. The van der Waals surface area contributed by atoms with Gasteiger partial charge in [0.05, 0.1) is 17.5 Å². The highest BCUT2D eigenvalue weighted by atomic mass is 32.1. The van der Waals surface area contributed by atoms with Crippen molar-refractivity contribution in [2.45, 2.75) is 26.1 Å². The molecule has 0 aliphatic heterocycles. The maximum atomic E-state index is 12.6. The van der Waals surface area contributed by atoms with Crippen LogP contribution >= 0.6 is 23.6 Å². The largest absolute Gasteiger partial charge is 0.493 e.